The van der Waals surface area contributed by atoms with Crippen molar-refractivity contribution in [1.82, 2.24) is 0 Å². The molecule has 0 radical (unpaired) electrons. The van der Waals surface area contributed by atoms with E-state index in [-0.39, 0.29) is 18.9 Å². The van der Waals surface area contributed by atoms with Gasteiger partial charge < -0.3 is 15.3 Å². The summed E-state index contributed by atoms with van der Waals surface area (Å²) in [6.07, 6.45) is 0.237. The van der Waals surface area contributed by atoms with Crippen molar-refractivity contribution >= 4 is 35.0 Å². The molecule has 25 heavy (non-hydrogen) atoms. The third-order valence-corrected chi connectivity index (χ3v) is 4.07. The zero-order valence-electron chi connectivity index (χ0n) is 13.9. The van der Waals surface area contributed by atoms with Crippen molar-refractivity contribution in [2.75, 3.05) is 6.61 Å². The number of carbonyl (C=O) groups is 1. The highest BCUT2D eigenvalue weighted by Crippen LogP contribution is 2.21. The van der Waals surface area contributed by atoms with E-state index in [4.69, 9.17) is 38.5 Å². The third-order valence-electron chi connectivity index (χ3n) is 3.49. The van der Waals surface area contributed by atoms with E-state index in [1.807, 2.05) is 26.0 Å². The highest BCUT2D eigenvalue weighted by molar-refractivity contribution is 6.35. The number of halogens is 2. The molecule has 0 saturated heterocycles. The first-order chi connectivity index (χ1) is 11.8. The highest BCUT2D eigenvalue weighted by atomic mass is 35.5. The lowest BCUT2D eigenvalue weighted by molar-refractivity contribution is -0.146. The van der Waals surface area contributed by atoms with Crippen LogP contribution < -0.4 is 10.5 Å². The molecule has 0 fully saturated rings. The number of oxime groups is 1. The molecule has 0 aliphatic carbocycles. The Morgan fingerprint density at radius 1 is 1.12 bits per heavy atom. The van der Waals surface area contributed by atoms with E-state index in [0.717, 1.165) is 16.7 Å². The number of benzene rings is 2. The minimum absolute atomic E-state index is 0.115. The molecule has 7 heteroatoms. The Morgan fingerprint density at radius 3 is 2.56 bits per heavy atom. The molecule has 0 aliphatic heterocycles. The van der Waals surface area contributed by atoms with E-state index in [1.54, 1.807) is 24.3 Å². The van der Waals surface area contributed by atoms with Gasteiger partial charge in [-0.15, -0.1) is 0 Å². The number of ether oxygens (including phenoxy) is 1. The van der Waals surface area contributed by atoms with Crippen molar-refractivity contribution in [3.8, 4) is 5.75 Å². The highest BCUT2D eigenvalue weighted by Gasteiger charge is 2.08. The second-order valence-corrected chi connectivity index (χ2v) is 6.34. The molecule has 0 saturated carbocycles. The van der Waals surface area contributed by atoms with Crippen LogP contribution in [0.1, 0.15) is 16.7 Å². The molecule has 0 aliphatic rings. The number of nitrogens with two attached hydrogens (primary N) is 1. The van der Waals surface area contributed by atoms with Crippen molar-refractivity contribution < 1.29 is 14.4 Å². The molecule has 0 unspecified atom stereocenters. The van der Waals surface area contributed by atoms with Crippen LogP contribution in [0.15, 0.2) is 41.6 Å². The van der Waals surface area contributed by atoms with Gasteiger partial charge in [0, 0.05) is 16.5 Å². The van der Waals surface area contributed by atoms with Gasteiger partial charge in [0.05, 0.1) is 0 Å². The number of carbonyl (C=O) groups excluding carboxylic acids is 1. The van der Waals surface area contributed by atoms with Crippen LogP contribution in [0.25, 0.3) is 0 Å². The second kappa shape index (κ2) is 8.74. The van der Waals surface area contributed by atoms with Gasteiger partial charge >= 0.3 is 5.97 Å². The SMILES string of the molecule is Cc1ccc(OCC(=O)O/N=C(/N)Cc2ccc(Cl)cc2Cl)cc1C. The van der Waals surface area contributed by atoms with Gasteiger partial charge in [-0.05, 0) is 54.8 Å². The molecule has 2 aromatic rings. The first kappa shape index (κ1) is 19.1. The zero-order chi connectivity index (χ0) is 18.4. The Bertz CT molecular complexity index is 807. The summed E-state index contributed by atoms with van der Waals surface area (Å²) < 4.78 is 5.37. The summed E-state index contributed by atoms with van der Waals surface area (Å²) >= 11 is 11.9. The minimum atomic E-state index is -0.650. The van der Waals surface area contributed by atoms with Crippen molar-refractivity contribution in [2.45, 2.75) is 20.3 Å². The lowest BCUT2D eigenvalue weighted by Crippen LogP contribution is -2.19. The van der Waals surface area contributed by atoms with Crippen molar-refractivity contribution in [3.05, 3.63) is 63.1 Å². The molecule has 132 valence electrons. The number of rotatable bonds is 6. The monoisotopic (exact) mass is 380 g/mol. The summed E-state index contributed by atoms with van der Waals surface area (Å²) in [4.78, 5) is 16.4. The lowest BCUT2D eigenvalue weighted by atomic mass is 10.1. The fourth-order valence-corrected chi connectivity index (χ4v) is 2.45. The van der Waals surface area contributed by atoms with Gasteiger partial charge in [-0.1, -0.05) is 40.5 Å². The molecule has 5 nitrogen and oxygen atoms in total. The molecule has 0 bridgehead atoms. The summed E-state index contributed by atoms with van der Waals surface area (Å²) in [5.74, 6) is 0.0529. The zero-order valence-corrected chi connectivity index (χ0v) is 15.4. The van der Waals surface area contributed by atoms with Crippen LogP contribution in [0, 0.1) is 13.8 Å². The number of aryl methyl sites for hydroxylation is 2. The average Bonchev–Trinajstić information content (AvgIpc) is 2.56. The fourth-order valence-electron chi connectivity index (χ4n) is 1.97. The van der Waals surface area contributed by atoms with E-state index < -0.39 is 5.97 Å². The van der Waals surface area contributed by atoms with E-state index in [9.17, 15) is 4.79 Å². The molecule has 2 rings (SSSR count). The van der Waals surface area contributed by atoms with Gasteiger partial charge in [0.1, 0.15) is 11.6 Å². The van der Waals surface area contributed by atoms with E-state index in [1.165, 1.54) is 0 Å². The largest absolute Gasteiger partial charge is 0.482 e. The number of hydrogen-bond acceptors (Lipinski definition) is 4. The lowest BCUT2D eigenvalue weighted by Gasteiger charge is -2.07. The predicted octanol–water partition coefficient (Wildman–Crippen LogP) is 4.05. The second-order valence-electron chi connectivity index (χ2n) is 5.49. The average molecular weight is 381 g/mol. The minimum Gasteiger partial charge on any atom is -0.482 e. The first-order valence-corrected chi connectivity index (χ1v) is 8.27. The Morgan fingerprint density at radius 2 is 1.88 bits per heavy atom. The smallest absolute Gasteiger partial charge is 0.372 e. The summed E-state index contributed by atoms with van der Waals surface area (Å²) in [6, 6.07) is 10.6. The van der Waals surface area contributed by atoms with Crippen LogP contribution in [0.5, 0.6) is 5.75 Å². The van der Waals surface area contributed by atoms with E-state index in [2.05, 4.69) is 5.16 Å². The van der Waals surface area contributed by atoms with Crippen molar-refractivity contribution in [1.29, 1.82) is 0 Å². The maximum Gasteiger partial charge on any atom is 0.372 e. The Hall–Kier alpha value is -2.24. The molecule has 0 atom stereocenters. The molecule has 0 heterocycles. The standard InChI is InChI=1S/C18H18Cl2N2O3/c1-11-3-6-15(7-12(11)2)24-10-18(23)25-22-17(21)8-13-4-5-14(19)9-16(13)20/h3-7,9H,8,10H2,1-2H3,(H2,21,22). The van der Waals surface area contributed by atoms with Crippen LogP contribution in [-0.4, -0.2) is 18.4 Å². The molecule has 2 N–H and O–H groups in total. The van der Waals surface area contributed by atoms with Gasteiger partial charge in [-0.2, -0.15) is 0 Å². The van der Waals surface area contributed by atoms with Gasteiger partial charge in [-0.3, -0.25) is 0 Å². The van der Waals surface area contributed by atoms with Crippen LogP contribution in [-0.2, 0) is 16.1 Å². The van der Waals surface area contributed by atoms with Crippen LogP contribution >= 0.6 is 23.2 Å². The van der Waals surface area contributed by atoms with Gasteiger partial charge in [0.2, 0.25) is 0 Å². The van der Waals surface area contributed by atoms with Crippen LogP contribution in [0.3, 0.4) is 0 Å². The predicted molar refractivity (Wildman–Crippen MR) is 99.3 cm³/mol. The van der Waals surface area contributed by atoms with E-state index in [0.29, 0.717) is 15.8 Å². The Kier molecular flexibility index (Phi) is 6.67. The number of amidine groups is 1. The molecule has 0 amide bonds. The summed E-state index contributed by atoms with van der Waals surface area (Å²) in [7, 11) is 0. The topological polar surface area (TPSA) is 73.9 Å². The normalized spacial score (nSPS) is 11.3. The van der Waals surface area contributed by atoms with Crippen LogP contribution in [0.4, 0.5) is 0 Å². The third kappa shape index (κ3) is 5.96. The van der Waals surface area contributed by atoms with Crippen LogP contribution in [0.2, 0.25) is 10.0 Å². The maximum absolute atomic E-state index is 11.7. The van der Waals surface area contributed by atoms with Crippen molar-refractivity contribution in [3.63, 3.8) is 0 Å². The van der Waals surface area contributed by atoms with Gasteiger partial charge in [0.25, 0.3) is 0 Å². The quantitative estimate of drug-likeness (QED) is 0.355. The molecular weight excluding hydrogens is 363 g/mol. The first-order valence-electron chi connectivity index (χ1n) is 7.51. The summed E-state index contributed by atoms with van der Waals surface area (Å²) in [5.41, 5.74) is 8.70. The molecule has 0 spiro atoms. The maximum atomic E-state index is 11.7. The molecule has 2 aromatic carbocycles. The molecule has 0 aromatic heterocycles. The Labute approximate surface area is 156 Å². The fraction of sp³-hybridized carbons (Fsp3) is 0.222. The Balaban J connectivity index is 1.85. The van der Waals surface area contributed by atoms with Gasteiger partial charge in [0.15, 0.2) is 6.61 Å². The van der Waals surface area contributed by atoms with Gasteiger partial charge in [-0.25, -0.2) is 4.79 Å². The van der Waals surface area contributed by atoms with E-state index >= 15 is 0 Å². The number of hydrogen-bond donors (Lipinski definition) is 1. The summed E-state index contributed by atoms with van der Waals surface area (Å²) in [6.45, 7) is 3.70. The summed E-state index contributed by atoms with van der Waals surface area (Å²) in [5, 5.41) is 4.59. The van der Waals surface area contributed by atoms with Crippen molar-refractivity contribution in [2.24, 2.45) is 10.9 Å². The molecular formula is C18H18Cl2N2O3. The number of nitrogens with zero attached hydrogens (tertiary/aromatic N) is 1.